The van der Waals surface area contributed by atoms with E-state index in [1.807, 2.05) is 0 Å². The van der Waals surface area contributed by atoms with Crippen molar-refractivity contribution < 1.29 is 28.2 Å². The monoisotopic (exact) mass is 309 g/mol. The molecule has 2 atom stereocenters. The molecule has 0 fully saturated rings. The van der Waals surface area contributed by atoms with E-state index < -0.39 is 24.1 Å². The van der Waals surface area contributed by atoms with Crippen LogP contribution in [0.5, 0.6) is 0 Å². The average Bonchev–Trinajstić information content (AvgIpc) is 2.36. The highest BCUT2D eigenvalue weighted by atomic mass is 32.2. The molecular weight excluding hydrogens is 295 g/mol. The van der Waals surface area contributed by atoms with Crippen LogP contribution in [0.3, 0.4) is 0 Å². The van der Waals surface area contributed by atoms with E-state index >= 15 is 0 Å². The first-order valence-electron chi connectivity index (χ1n) is 5.75. The number of thioether (sulfide) groups is 1. The minimum atomic E-state index is -4.61. The summed E-state index contributed by atoms with van der Waals surface area (Å²) < 4.78 is 37.4. The Morgan fingerprint density at radius 1 is 1.40 bits per heavy atom. The number of aliphatic hydroxyl groups is 2. The molecule has 0 aliphatic heterocycles. The van der Waals surface area contributed by atoms with Gasteiger partial charge in [-0.15, -0.1) is 0 Å². The van der Waals surface area contributed by atoms with Crippen molar-refractivity contribution >= 4 is 16.9 Å². The fraction of sp³-hybridized carbons (Fsp3) is 0.500. The zero-order valence-corrected chi connectivity index (χ0v) is 11.4. The van der Waals surface area contributed by atoms with Gasteiger partial charge < -0.3 is 10.2 Å². The van der Waals surface area contributed by atoms with Gasteiger partial charge in [0.2, 0.25) is 0 Å². The summed E-state index contributed by atoms with van der Waals surface area (Å²) in [6.07, 6.45) is -7.34. The molecule has 4 nitrogen and oxygen atoms in total. The number of nitrogens with zero attached hydrogens (tertiary/aromatic N) is 1. The third-order valence-electron chi connectivity index (χ3n) is 2.45. The van der Waals surface area contributed by atoms with Gasteiger partial charge in [-0.25, -0.2) is 4.98 Å². The van der Waals surface area contributed by atoms with Gasteiger partial charge in [-0.05, 0) is 18.6 Å². The molecule has 1 aromatic rings. The van der Waals surface area contributed by atoms with Gasteiger partial charge in [0.15, 0.2) is 5.12 Å². The summed E-state index contributed by atoms with van der Waals surface area (Å²) in [5.74, 6) is 0.270. The normalized spacial score (nSPS) is 14.9. The van der Waals surface area contributed by atoms with Crippen molar-refractivity contribution in [1.29, 1.82) is 0 Å². The van der Waals surface area contributed by atoms with Crippen LogP contribution in [0.25, 0.3) is 0 Å². The minimum Gasteiger partial charge on any atom is -0.390 e. The Hall–Kier alpha value is -1.12. The molecule has 0 saturated heterocycles. The molecule has 20 heavy (non-hydrogen) atoms. The van der Waals surface area contributed by atoms with E-state index in [4.69, 9.17) is 0 Å². The van der Waals surface area contributed by atoms with Crippen molar-refractivity contribution in [2.45, 2.75) is 31.7 Å². The molecule has 112 valence electrons. The second-order valence-electron chi connectivity index (χ2n) is 4.09. The zero-order chi connectivity index (χ0) is 15.3. The van der Waals surface area contributed by atoms with Gasteiger partial charge in [-0.1, -0.05) is 17.8 Å². The number of aromatic nitrogens is 1. The summed E-state index contributed by atoms with van der Waals surface area (Å²) in [5.41, 5.74) is -1.38. The Morgan fingerprint density at radius 3 is 2.60 bits per heavy atom. The number of hydrogen-bond donors (Lipinski definition) is 2. The molecule has 0 aliphatic rings. The third-order valence-corrected chi connectivity index (χ3v) is 3.29. The Kier molecular flexibility index (Phi) is 5.97. The van der Waals surface area contributed by atoms with Crippen molar-refractivity contribution in [2.24, 2.45) is 0 Å². The van der Waals surface area contributed by atoms with Crippen molar-refractivity contribution in [3.8, 4) is 0 Å². The van der Waals surface area contributed by atoms with E-state index in [9.17, 15) is 28.2 Å². The van der Waals surface area contributed by atoms with Crippen LogP contribution in [0.15, 0.2) is 18.2 Å². The van der Waals surface area contributed by atoms with Gasteiger partial charge in [0.05, 0.1) is 11.8 Å². The van der Waals surface area contributed by atoms with Gasteiger partial charge in [0.1, 0.15) is 11.8 Å². The molecule has 0 amide bonds. The standard InChI is InChI=1S/C12H14F3NO3S/c1-7(17)20-6-5-9(18)11(19)8-3-2-4-10(16-8)12(13,14)15/h2-4,9,11,18-19H,5-6H2,1H3. The van der Waals surface area contributed by atoms with Crippen LogP contribution < -0.4 is 0 Å². The Bertz CT molecular complexity index is 468. The van der Waals surface area contributed by atoms with Crippen LogP contribution in [-0.4, -0.2) is 32.2 Å². The maximum atomic E-state index is 12.5. The summed E-state index contributed by atoms with van der Waals surface area (Å²) in [7, 11) is 0. The van der Waals surface area contributed by atoms with Crippen molar-refractivity contribution in [3.63, 3.8) is 0 Å². The zero-order valence-electron chi connectivity index (χ0n) is 10.6. The highest BCUT2D eigenvalue weighted by molar-refractivity contribution is 8.13. The number of rotatable bonds is 5. The van der Waals surface area contributed by atoms with Gasteiger partial charge >= 0.3 is 6.18 Å². The van der Waals surface area contributed by atoms with Crippen LogP contribution in [0, 0.1) is 0 Å². The highest BCUT2D eigenvalue weighted by Crippen LogP contribution is 2.29. The number of halogens is 3. The molecule has 8 heteroatoms. The maximum absolute atomic E-state index is 12.5. The first-order valence-corrected chi connectivity index (χ1v) is 6.74. The summed E-state index contributed by atoms with van der Waals surface area (Å²) in [6, 6.07) is 3.11. The van der Waals surface area contributed by atoms with Crippen LogP contribution in [-0.2, 0) is 11.0 Å². The lowest BCUT2D eigenvalue weighted by Crippen LogP contribution is -2.21. The molecule has 1 heterocycles. The molecule has 1 aromatic heterocycles. The summed E-state index contributed by atoms with van der Waals surface area (Å²) in [5, 5.41) is 19.3. The smallest absolute Gasteiger partial charge is 0.390 e. The van der Waals surface area contributed by atoms with E-state index in [-0.39, 0.29) is 23.0 Å². The Balaban J connectivity index is 2.71. The predicted molar refractivity (Wildman–Crippen MR) is 68.0 cm³/mol. The van der Waals surface area contributed by atoms with Crippen LogP contribution in [0.4, 0.5) is 13.2 Å². The number of alkyl halides is 3. The fourth-order valence-electron chi connectivity index (χ4n) is 1.45. The molecule has 0 aliphatic carbocycles. The lowest BCUT2D eigenvalue weighted by molar-refractivity contribution is -0.141. The molecule has 0 spiro atoms. The van der Waals surface area contributed by atoms with E-state index in [0.29, 0.717) is 0 Å². The fourth-order valence-corrected chi connectivity index (χ4v) is 2.10. The predicted octanol–water partition coefficient (Wildman–Crippen LogP) is 2.16. The van der Waals surface area contributed by atoms with Crippen molar-refractivity contribution in [3.05, 3.63) is 29.6 Å². The largest absolute Gasteiger partial charge is 0.433 e. The van der Waals surface area contributed by atoms with Gasteiger partial charge in [0.25, 0.3) is 0 Å². The molecule has 0 aromatic carbocycles. The summed E-state index contributed by atoms with van der Waals surface area (Å²) in [4.78, 5) is 14.0. The average molecular weight is 309 g/mol. The molecule has 0 radical (unpaired) electrons. The number of carbonyl (C=O) groups excluding carboxylic acids is 1. The molecule has 2 unspecified atom stereocenters. The molecule has 0 saturated carbocycles. The lowest BCUT2D eigenvalue weighted by atomic mass is 10.1. The quantitative estimate of drug-likeness (QED) is 0.872. The maximum Gasteiger partial charge on any atom is 0.433 e. The molecule has 2 N–H and O–H groups in total. The highest BCUT2D eigenvalue weighted by Gasteiger charge is 2.33. The summed E-state index contributed by atoms with van der Waals surface area (Å²) in [6.45, 7) is 1.36. The Morgan fingerprint density at radius 2 is 2.05 bits per heavy atom. The first-order chi connectivity index (χ1) is 9.21. The third kappa shape index (κ3) is 5.10. The van der Waals surface area contributed by atoms with E-state index in [2.05, 4.69) is 4.98 Å². The lowest BCUT2D eigenvalue weighted by Gasteiger charge is -2.18. The van der Waals surface area contributed by atoms with Crippen LogP contribution in [0.2, 0.25) is 0 Å². The first kappa shape index (κ1) is 16.9. The van der Waals surface area contributed by atoms with Gasteiger partial charge in [0, 0.05) is 12.7 Å². The Labute approximate surface area is 118 Å². The van der Waals surface area contributed by atoms with Crippen molar-refractivity contribution in [2.75, 3.05) is 5.75 Å². The van der Waals surface area contributed by atoms with Crippen LogP contribution >= 0.6 is 11.8 Å². The minimum absolute atomic E-state index is 0.0728. The van der Waals surface area contributed by atoms with E-state index in [0.717, 1.165) is 23.9 Å². The number of aliphatic hydroxyl groups excluding tert-OH is 2. The second kappa shape index (κ2) is 7.05. The molecule has 0 bridgehead atoms. The molecule has 1 rings (SSSR count). The number of pyridine rings is 1. The summed E-state index contributed by atoms with van der Waals surface area (Å²) >= 11 is 0.969. The second-order valence-corrected chi connectivity index (χ2v) is 5.36. The SMILES string of the molecule is CC(=O)SCCC(O)C(O)c1cccc(C(F)(F)F)n1. The van der Waals surface area contributed by atoms with E-state index in [1.54, 1.807) is 0 Å². The van der Waals surface area contributed by atoms with Gasteiger partial charge in [-0.3, -0.25) is 4.79 Å². The van der Waals surface area contributed by atoms with E-state index in [1.165, 1.54) is 13.0 Å². The van der Waals surface area contributed by atoms with Crippen molar-refractivity contribution in [1.82, 2.24) is 4.98 Å². The number of carbonyl (C=O) groups is 1. The topological polar surface area (TPSA) is 70.4 Å². The van der Waals surface area contributed by atoms with Crippen LogP contribution in [0.1, 0.15) is 30.8 Å². The number of hydrogen-bond acceptors (Lipinski definition) is 5. The molecular formula is C12H14F3NO3S. The van der Waals surface area contributed by atoms with Gasteiger partial charge in [-0.2, -0.15) is 13.2 Å².